The normalized spacial score (nSPS) is 13.7. The van der Waals surface area contributed by atoms with Crippen LogP contribution in [0.2, 0.25) is 0 Å². The zero-order chi connectivity index (χ0) is 27.2. The van der Waals surface area contributed by atoms with Gasteiger partial charge in [-0.3, -0.25) is 13.9 Å². The summed E-state index contributed by atoms with van der Waals surface area (Å²) in [6.07, 6.45) is 0. The lowest BCUT2D eigenvalue weighted by atomic mass is 10.1. The smallest absolute Gasteiger partial charge is 0.244 e. The van der Waals surface area contributed by atoms with Crippen LogP contribution in [-0.2, 0) is 26.2 Å². The number of rotatable bonds is 11. The van der Waals surface area contributed by atoms with Crippen molar-refractivity contribution < 1.29 is 27.5 Å². The van der Waals surface area contributed by atoms with Gasteiger partial charge in [-0.05, 0) is 49.9 Å². The molecule has 0 aromatic heterocycles. The molecule has 0 saturated carbocycles. The Hall–Kier alpha value is -3.27. The van der Waals surface area contributed by atoms with E-state index < -0.39 is 28.5 Å². The summed E-state index contributed by atoms with van der Waals surface area (Å²) in [7, 11) is -3.83. The highest BCUT2D eigenvalue weighted by atomic mass is 32.2. The molecule has 1 heterocycles. The van der Waals surface area contributed by atoms with Crippen LogP contribution in [0.5, 0.6) is 11.5 Å². The molecule has 0 radical (unpaired) electrons. The van der Waals surface area contributed by atoms with E-state index in [-0.39, 0.29) is 24.1 Å². The van der Waals surface area contributed by atoms with Crippen molar-refractivity contribution in [1.82, 2.24) is 10.2 Å². The van der Waals surface area contributed by atoms with Crippen LogP contribution in [0, 0.1) is 12.8 Å². The molecule has 0 aliphatic carbocycles. The minimum Gasteiger partial charge on any atom is -0.486 e. The van der Waals surface area contributed by atoms with Crippen LogP contribution < -0.4 is 19.1 Å². The zero-order valence-electron chi connectivity index (χ0n) is 22.2. The van der Waals surface area contributed by atoms with E-state index in [1.807, 2.05) is 45.0 Å². The lowest BCUT2D eigenvalue weighted by Gasteiger charge is -2.32. The summed E-state index contributed by atoms with van der Waals surface area (Å²) in [5, 5.41) is 2.88. The third-order valence-corrected chi connectivity index (χ3v) is 7.99. The number of nitrogens with zero attached hydrogens (tertiary/aromatic N) is 2. The monoisotopic (exact) mass is 531 g/mol. The van der Waals surface area contributed by atoms with E-state index in [4.69, 9.17) is 9.47 Å². The molecular formula is C27H37N3O6S. The summed E-state index contributed by atoms with van der Waals surface area (Å²) in [5.41, 5.74) is 2.15. The van der Waals surface area contributed by atoms with E-state index in [2.05, 4.69) is 5.32 Å². The van der Waals surface area contributed by atoms with Crippen LogP contribution in [0.3, 0.4) is 0 Å². The van der Waals surface area contributed by atoms with Crippen LogP contribution in [0.1, 0.15) is 38.8 Å². The largest absolute Gasteiger partial charge is 0.486 e. The SMILES string of the molecule is CCS(=O)(=O)N(CC(=O)N(Cc1ccccc1C)[C@@H](C)C(=O)NCC(C)C)c1ccc2c(c1)OCCO2. The van der Waals surface area contributed by atoms with Crippen LogP contribution >= 0.6 is 0 Å². The fraction of sp³-hybridized carbons (Fsp3) is 0.481. The standard InChI is InChI=1S/C27H37N3O6S/c1-6-37(33,34)30(23-11-12-24-25(15-23)36-14-13-35-24)18-26(31)29(17-22-10-8-7-9-20(22)4)21(5)27(32)28-16-19(2)3/h7-12,15,19,21H,6,13-14,16-18H2,1-5H3,(H,28,32)/t21-/m0/s1. The van der Waals surface area contributed by atoms with Gasteiger partial charge in [-0.25, -0.2) is 8.42 Å². The molecule has 1 N–H and O–H groups in total. The molecule has 10 heteroatoms. The highest BCUT2D eigenvalue weighted by Crippen LogP contribution is 2.35. The first-order chi connectivity index (χ1) is 17.5. The molecule has 2 aromatic rings. The summed E-state index contributed by atoms with van der Waals surface area (Å²) in [6, 6.07) is 11.6. The second-order valence-electron chi connectivity index (χ2n) is 9.50. The second kappa shape index (κ2) is 12.3. The van der Waals surface area contributed by atoms with Crippen LogP contribution in [0.15, 0.2) is 42.5 Å². The van der Waals surface area contributed by atoms with Crippen LogP contribution in [0.4, 0.5) is 5.69 Å². The van der Waals surface area contributed by atoms with Gasteiger partial charge in [0.15, 0.2) is 11.5 Å². The maximum Gasteiger partial charge on any atom is 0.244 e. The molecule has 0 spiro atoms. The topological polar surface area (TPSA) is 105 Å². The van der Waals surface area contributed by atoms with E-state index in [9.17, 15) is 18.0 Å². The first-order valence-electron chi connectivity index (χ1n) is 12.5. The molecule has 0 saturated heterocycles. The van der Waals surface area contributed by atoms with Crippen molar-refractivity contribution in [2.75, 3.05) is 36.4 Å². The Morgan fingerprint density at radius 3 is 2.35 bits per heavy atom. The lowest BCUT2D eigenvalue weighted by Crippen LogP contribution is -2.51. The van der Waals surface area contributed by atoms with Gasteiger partial charge in [0.1, 0.15) is 25.8 Å². The Bertz CT molecular complexity index is 1210. The van der Waals surface area contributed by atoms with Crippen molar-refractivity contribution in [3.05, 3.63) is 53.6 Å². The lowest BCUT2D eigenvalue weighted by molar-refractivity contribution is -0.139. The molecule has 9 nitrogen and oxygen atoms in total. The molecule has 0 bridgehead atoms. The number of sulfonamides is 1. The molecule has 37 heavy (non-hydrogen) atoms. The highest BCUT2D eigenvalue weighted by Gasteiger charge is 2.31. The van der Waals surface area contributed by atoms with Gasteiger partial charge in [0.2, 0.25) is 21.8 Å². The van der Waals surface area contributed by atoms with Crippen molar-refractivity contribution in [3.63, 3.8) is 0 Å². The molecule has 1 aliphatic heterocycles. The average Bonchev–Trinajstić information content (AvgIpc) is 2.88. The minimum atomic E-state index is -3.83. The summed E-state index contributed by atoms with van der Waals surface area (Å²) in [5.74, 6) is 0.216. The first kappa shape index (κ1) is 28.3. The van der Waals surface area contributed by atoms with Gasteiger partial charge in [-0.2, -0.15) is 0 Å². The molecule has 0 unspecified atom stereocenters. The number of nitrogens with one attached hydrogen (secondary N) is 1. The number of aryl methyl sites for hydroxylation is 1. The van der Waals surface area contributed by atoms with Gasteiger partial charge >= 0.3 is 0 Å². The number of ether oxygens (including phenoxy) is 2. The van der Waals surface area contributed by atoms with Crippen molar-refractivity contribution in [2.45, 2.75) is 47.2 Å². The predicted octanol–water partition coefficient (Wildman–Crippen LogP) is 3.11. The van der Waals surface area contributed by atoms with E-state index in [0.717, 1.165) is 15.4 Å². The maximum absolute atomic E-state index is 13.8. The summed E-state index contributed by atoms with van der Waals surface area (Å²) < 4.78 is 38.5. The van der Waals surface area contributed by atoms with Crippen molar-refractivity contribution in [1.29, 1.82) is 0 Å². The number of fused-ring (bicyclic) bond motifs is 1. The Balaban J connectivity index is 1.94. The summed E-state index contributed by atoms with van der Waals surface area (Å²) >= 11 is 0. The number of amides is 2. The van der Waals surface area contributed by atoms with Crippen LogP contribution in [-0.4, -0.2) is 63.2 Å². The van der Waals surface area contributed by atoms with Crippen molar-refractivity contribution in [2.24, 2.45) is 5.92 Å². The molecule has 202 valence electrons. The van der Waals surface area contributed by atoms with E-state index in [1.165, 1.54) is 11.8 Å². The van der Waals surface area contributed by atoms with Gasteiger partial charge in [0.25, 0.3) is 0 Å². The van der Waals surface area contributed by atoms with Gasteiger partial charge in [-0.15, -0.1) is 0 Å². The number of benzene rings is 2. The van der Waals surface area contributed by atoms with Gasteiger partial charge in [0.05, 0.1) is 11.4 Å². The number of hydrogen-bond donors (Lipinski definition) is 1. The van der Waals surface area contributed by atoms with E-state index >= 15 is 0 Å². The number of carbonyl (C=O) groups excluding carboxylic acids is 2. The third-order valence-electron chi connectivity index (χ3n) is 6.25. The van der Waals surface area contributed by atoms with E-state index in [1.54, 1.807) is 25.1 Å². The van der Waals surface area contributed by atoms with E-state index in [0.29, 0.717) is 36.9 Å². The fourth-order valence-corrected chi connectivity index (χ4v) is 4.97. The molecule has 2 aromatic carbocycles. The zero-order valence-corrected chi connectivity index (χ0v) is 23.0. The molecular weight excluding hydrogens is 494 g/mol. The number of carbonyl (C=O) groups is 2. The third kappa shape index (κ3) is 7.15. The van der Waals surface area contributed by atoms with Gasteiger partial charge in [-0.1, -0.05) is 38.1 Å². The first-order valence-corrected chi connectivity index (χ1v) is 14.2. The van der Waals surface area contributed by atoms with Crippen molar-refractivity contribution >= 4 is 27.5 Å². The minimum absolute atomic E-state index is 0.170. The Morgan fingerprint density at radius 1 is 1.03 bits per heavy atom. The van der Waals surface area contributed by atoms with Crippen molar-refractivity contribution in [3.8, 4) is 11.5 Å². The number of anilines is 1. The molecule has 0 fully saturated rings. The van der Waals surface area contributed by atoms with Gasteiger partial charge < -0.3 is 19.7 Å². The summed E-state index contributed by atoms with van der Waals surface area (Å²) in [4.78, 5) is 28.2. The highest BCUT2D eigenvalue weighted by molar-refractivity contribution is 7.92. The van der Waals surface area contributed by atoms with Gasteiger partial charge in [0, 0.05) is 19.2 Å². The molecule has 1 aliphatic rings. The van der Waals surface area contributed by atoms with Crippen LogP contribution in [0.25, 0.3) is 0 Å². The Labute approximate surface area is 219 Å². The molecule has 2 amide bonds. The average molecular weight is 532 g/mol. The number of hydrogen-bond acceptors (Lipinski definition) is 6. The maximum atomic E-state index is 13.8. The quantitative estimate of drug-likeness (QED) is 0.478. The molecule has 3 rings (SSSR count). The Morgan fingerprint density at radius 2 is 1.70 bits per heavy atom. The second-order valence-corrected chi connectivity index (χ2v) is 11.7. The molecule has 1 atom stereocenters. The summed E-state index contributed by atoms with van der Waals surface area (Å²) in [6.45, 7) is 10.0. The predicted molar refractivity (Wildman–Crippen MR) is 143 cm³/mol. The fourth-order valence-electron chi connectivity index (χ4n) is 3.91. The Kier molecular flexibility index (Phi) is 9.42.